The zero-order valence-electron chi connectivity index (χ0n) is 11.7. The Balaban J connectivity index is 2.49. The maximum absolute atomic E-state index is 6.68. The highest BCUT2D eigenvalue weighted by molar-refractivity contribution is 6.31. The van der Waals surface area contributed by atoms with Gasteiger partial charge in [0.15, 0.2) is 0 Å². The molecule has 0 saturated heterocycles. The number of alkyl halides is 1. The van der Waals surface area contributed by atoms with Crippen LogP contribution >= 0.6 is 23.2 Å². The van der Waals surface area contributed by atoms with Gasteiger partial charge in [-0.2, -0.15) is 0 Å². The molecule has 0 radical (unpaired) electrons. The van der Waals surface area contributed by atoms with E-state index in [9.17, 15) is 0 Å². The van der Waals surface area contributed by atoms with E-state index in [2.05, 4.69) is 45.0 Å². The Bertz CT molecular complexity index is 615. The minimum atomic E-state index is -0.128. The van der Waals surface area contributed by atoms with Crippen LogP contribution in [-0.4, -0.2) is 0 Å². The number of hydrogen-bond acceptors (Lipinski definition) is 0. The number of aryl methyl sites for hydroxylation is 4. The fourth-order valence-electron chi connectivity index (χ4n) is 2.35. The minimum Gasteiger partial charge on any atom is -0.113 e. The molecule has 1 unspecified atom stereocenters. The van der Waals surface area contributed by atoms with E-state index >= 15 is 0 Å². The Hall–Kier alpha value is -0.980. The standard InChI is InChI=1S/C17H18Cl2/c1-10-5-6-14(11(2)7-10)17(19)15-8-13(4)16(18)9-12(15)3/h5-9,17H,1-4H3. The second kappa shape index (κ2) is 5.56. The predicted molar refractivity (Wildman–Crippen MR) is 84.5 cm³/mol. The molecular formula is C17H18Cl2. The van der Waals surface area contributed by atoms with Crippen LogP contribution in [-0.2, 0) is 0 Å². The summed E-state index contributed by atoms with van der Waals surface area (Å²) in [5.74, 6) is 0. The molecule has 0 fully saturated rings. The van der Waals surface area contributed by atoms with Crippen molar-refractivity contribution in [3.8, 4) is 0 Å². The van der Waals surface area contributed by atoms with Crippen LogP contribution in [0.1, 0.15) is 38.8 Å². The first-order valence-electron chi connectivity index (χ1n) is 6.38. The van der Waals surface area contributed by atoms with E-state index in [1.807, 2.05) is 13.0 Å². The molecule has 2 rings (SSSR count). The van der Waals surface area contributed by atoms with Gasteiger partial charge in [-0.25, -0.2) is 0 Å². The van der Waals surface area contributed by atoms with Crippen molar-refractivity contribution < 1.29 is 0 Å². The fraction of sp³-hybridized carbons (Fsp3) is 0.294. The van der Waals surface area contributed by atoms with Crippen LogP contribution in [0.15, 0.2) is 30.3 Å². The maximum Gasteiger partial charge on any atom is 0.0840 e. The lowest BCUT2D eigenvalue weighted by atomic mass is 9.94. The molecule has 0 aliphatic rings. The summed E-state index contributed by atoms with van der Waals surface area (Å²) in [5.41, 5.74) is 6.99. The van der Waals surface area contributed by atoms with E-state index < -0.39 is 0 Å². The molecule has 2 aromatic rings. The lowest BCUT2D eigenvalue weighted by molar-refractivity contribution is 1.08. The van der Waals surface area contributed by atoms with Crippen molar-refractivity contribution >= 4 is 23.2 Å². The molecule has 0 aliphatic carbocycles. The van der Waals surface area contributed by atoms with Gasteiger partial charge < -0.3 is 0 Å². The highest BCUT2D eigenvalue weighted by Crippen LogP contribution is 2.35. The predicted octanol–water partition coefficient (Wildman–Crippen LogP) is 5.90. The monoisotopic (exact) mass is 292 g/mol. The van der Waals surface area contributed by atoms with Crippen molar-refractivity contribution in [2.45, 2.75) is 33.1 Å². The fourth-order valence-corrected chi connectivity index (χ4v) is 3.05. The number of hydrogen-bond donors (Lipinski definition) is 0. The average molecular weight is 293 g/mol. The van der Waals surface area contributed by atoms with Crippen LogP contribution in [0.25, 0.3) is 0 Å². The first-order valence-corrected chi connectivity index (χ1v) is 7.19. The van der Waals surface area contributed by atoms with Gasteiger partial charge in [-0.05, 0) is 61.6 Å². The molecule has 2 heteroatoms. The van der Waals surface area contributed by atoms with E-state index in [1.54, 1.807) is 0 Å². The normalized spacial score (nSPS) is 12.5. The molecule has 0 saturated carbocycles. The van der Waals surface area contributed by atoms with Crippen LogP contribution in [0, 0.1) is 27.7 Å². The van der Waals surface area contributed by atoms with Crippen molar-refractivity contribution in [3.05, 3.63) is 68.7 Å². The summed E-state index contributed by atoms with van der Waals surface area (Å²) in [6.45, 7) is 8.27. The van der Waals surface area contributed by atoms with Gasteiger partial charge in [0.05, 0.1) is 5.38 Å². The van der Waals surface area contributed by atoms with Crippen LogP contribution in [0.3, 0.4) is 0 Å². The zero-order valence-corrected chi connectivity index (χ0v) is 13.2. The number of benzene rings is 2. The van der Waals surface area contributed by atoms with Gasteiger partial charge in [-0.15, -0.1) is 11.6 Å². The molecule has 0 bridgehead atoms. The molecule has 0 aliphatic heterocycles. The largest absolute Gasteiger partial charge is 0.113 e. The molecule has 0 N–H and O–H groups in total. The van der Waals surface area contributed by atoms with Crippen molar-refractivity contribution in [1.29, 1.82) is 0 Å². The lowest BCUT2D eigenvalue weighted by Gasteiger charge is -2.17. The molecule has 1 atom stereocenters. The third-order valence-corrected chi connectivity index (χ3v) is 4.40. The average Bonchev–Trinajstić information content (AvgIpc) is 2.33. The van der Waals surface area contributed by atoms with Crippen LogP contribution in [0.5, 0.6) is 0 Å². The Morgan fingerprint density at radius 3 is 2.05 bits per heavy atom. The van der Waals surface area contributed by atoms with Gasteiger partial charge in [0.2, 0.25) is 0 Å². The van der Waals surface area contributed by atoms with Gasteiger partial charge in [0.1, 0.15) is 0 Å². The molecule has 0 spiro atoms. The molecule has 0 aromatic heterocycles. The van der Waals surface area contributed by atoms with Gasteiger partial charge in [-0.1, -0.05) is 41.4 Å². The Morgan fingerprint density at radius 2 is 1.42 bits per heavy atom. The van der Waals surface area contributed by atoms with Gasteiger partial charge in [0, 0.05) is 5.02 Å². The Morgan fingerprint density at radius 1 is 0.789 bits per heavy atom. The smallest absolute Gasteiger partial charge is 0.0840 e. The van der Waals surface area contributed by atoms with Crippen molar-refractivity contribution in [2.75, 3.05) is 0 Å². The quantitative estimate of drug-likeness (QED) is 0.604. The third kappa shape index (κ3) is 2.96. The topological polar surface area (TPSA) is 0 Å². The van der Waals surface area contributed by atoms with E-state index in [0.29, 0.717) is 0 Å². The van der Waals surface area contributed by atoms with Crippen LogP contribution in [0.2, 0.25) is 5.02 Å². The minimum absolute atomic E-state index is 0.128. The maximum atomic E-state index is 6.68. The van der Waals surface area contributed by atoms with Crippen LogP contribution < -0.4 is 0 Å². The summed E-state index contributed by atoms with van der Waals surface area (Å²) in [6.07, 6.45) is 0. The molecular weight excluding hydrogens is 275 g/mol. The number of halogens is 2. The van der Waals surface area contributed by atoms with Crippen molar-refractivity contribution in [1.82, 2.24) is 0 Å². The van der Waals surface area contributed by atoms with E-state index in [-0.39, 0.29) is 5.38 Å². The third-order valence-electron chi connectivity index (χ3n) is 3.52. The van der Waals surface area contributed by atoms with Gasteiger partial charge in [0.25, 0.3) is 0 Å². The molecule has 0 heterocycles. The lowest BCUT2D eigenvalue weighted by Crippen LogP contribution is -2.00. The number of rotatable bonds is 2. The summed E-state index contributed by atoms with van der Waals surface area (Å²) >= 11 is 12.8. The Labute approximate surface area is 125 Å². The highest BCUT2D eigenvalue weighted by Gasteiger charge is 2.16. The first kappa shape index (κ1) is 14.4. The summed E-state index contributed by atoms with van der Waals surface area (Å²) in [7, 11) is 0. The summed E-state index contributed by atoms with van der Waals surface area (Å²) in [6, 6.07) is 10.5. The van der Waals surface area contributed by atoms with E-state index in [4.69, 9.17) is 23.2 Å². The Kier molecular flexibility index (Phi) is 4.23. The van der Waals surface area contributed by atoms with E-state index in [1.165, 1.54) is 11.1 Å². The molecule has 2 aromatic carbocycles. The SMILES string of the molecule is Cc1ccc(C(Cl)c2cc(C)c(Cl)cc2C)c(C)c1. The van der Waals surface area contributed by atoms with E-state index in [0.717, 1.165) is 27.3 Å². The van der Waals surface area contributed by atoms with Crippen molar-refractivity contribution in [2.24, 2.45) is 0 Å². The second-order valence-corrected chi connectivity index (χ2v) is 6.02. The molecule has 100 valence electrons. The molecule has 0 amide bonds. The molecule has 19 heavy (non-hydrogen) atoms. The van der Waals surface area contributed by atoms with Crippen molar-refractivity contribution in [3.63, 3.8) is 0 Å². The molecule has 0 nitrogen and oxygen atoms in total. The van der Waals surface area contributed by atoms with Gasteiger partial charge in [-0.3, -0.25) is 0 Å². The highest BCUT2D eigenvalue weighted by atomic mass is 35.5. The van der Waals surface area contributed by atoms with Crippen LogP contribution in [0.4, 0.5) is 0 Å². The first-order chi connectivity index (χ1) is 8.90. The summed E-state index contributed by atoms with van der Waals surface area (Å²) in [5, 5.41) is 0.669. The zero-order chi connectivity index (χ0) is 14.2. The summed E-state index contributed by atoms with van der Waals surface area (Å²) < 4.78 is 0. The summed E-state index contributed by atoms with van der Waals surface area (Å²) in [4.78, 5) is 0. The van der Waals surface area contributed by atoms with Gasteiger partial charge >= 0.3 is 0 Å². The second-order valence-electron chi connectivity index (χ2n) is 5.18.